The van der Waals surface area contributed by atoms with Gasteiger partial charge in [0.15, 0.2) is 10.9 Å². The van der Waals surface area contributed by atoms with Crippen LogP contribution >= 0.6 is 11.3 Å². The van der Waals surface area contributed by atoms with Crippen LogP contribution < -0.4 is 10.1 Å². The maximum atomic E-state index is 12.7. The summed E-state index contributed by atoms with van der Waals surface area (Å²) in [6, 6.07) is 11.6. The first-order valence-corrected chi connectivity index (χ1v) is 12.3. The third-order valence-electron chi connectivity index (χ3n) is 5.06. The Morgan fingerprint density at radius 3 is 2.59 bits per heavy atom. The van der Waals surface area contributed by atoms with Crippen molar-refractivity contribution in [1.29, 1.82) is 0 Å². The summed E-state index contributed by atoms with van der Waals surface area (Å²) in [6.45, 7) is 2.88. The lowest BCUT2D eigenvalue weighted by atomic mass is 10.2. The van der Waals surface area contributed by atoms with Crippen LogP contribution in [-0.4, -0.2) is 35.7 Å². The predicted molar refractivity (Wildman–Crippen MR) is 122 cm³/mol. The van der Waals surface area contributed by atoms with E-state index in [-0.39, 0.29) is 17.3 Å². The van der Waals surface area contributed by atoms with Crippen LogP contribution in [0.5, 0.6) is 5.75 Å². The highest BCUT2D eigenvalue weighted by molar-refractivity contribution is 7.89. The van der Waals surface area contributed by atoms with Crippen molar-refractivity contribution in [3.8, 4) is 5.75 Å². The molecule has 9 nitrogen and oxygen atoms in total. The van der Waals surface area contributed by atoms with E-state index >= 15 is 0 Å². The molecule has 1 aliphatic rings. The van der Waals surface area contributed by atoms with Crippen molar-refractivity contribution >= 4 is 37.9 Å². The van der Waals surface area contributed by atoms with Crippen LogP contribution in [-0.2, 0) is 16.6 Å². The Kier molecular flexibility index (Phi) is 6.40. The number of nitro benzene ring substituents is 1. The molecule has 0 amide bonds. The lowest BCUT2D eigenvalue weighted by molar-refractivity contribution is -0.386. The van der Waals surface area contributed by atoms with Crippen molar-refractivity contribution in [2.45, 2.75) is 31.3 Å². The van der Waals surface area contributed by atoms with E-state index in [0.717, 1.165) is 30.2 Å². The molecule has 0 unspecified atom stereocenters. The van der Waals surface area contributed by atoms with Crippen molar-refractivity contribution in [3.63, 3.8) is 0 Å². The van der Waals surface area contributed by atoms with Crippen LogP contribution in [0.1, 0.15) is 24.1 Å². The van der Waals surface area contributed by atoms with Crippen molar-refractivity contribution in [3.05, 3.63) is 69.2 Å². The molecule has 0 spiro atoms. The Hall–Kier alpha value is -3.02. The molecule has 2 aromatic carbocycles. The molecule has 0 atom stereocenters. The Balaban J connectivity index is 1.47. The lowest BCUT2D eigenvalue weighted by Gasteiger charge is -2.15. The van der Waals surface area contributed by atoms with Gasteiger partial charge in [-0.3, -0.25) is 10.1 Å². The fraction of sp³-hybridized carbons (Fsp3) is 0.286. The number of aryl methyl sites for hydroxylation is 1. The summed E-state index contributed by atoms with van der Waals surface area (Å²) in [4.78, 5) is 15.3. The van der Waals surface area contributed by atoms with Gasteiger partial charge in [0.2, 0.25) is 10.0 Å². The zero-order valence-corrected chi connectivity index (χ0v) is 19.0. The van der Waals surface area contributed by atoms with E-state index in [4.69, 9.17) is 4.74 Å². The zero-order chi connectivity index (χ0) is 22.7. The number of aromatic nitrogens is 1. The molecular formula is C21H22N4O5S2. The fourth-order valence-electron chi connectivity index (χ4n) is 3.34. The third kappa shape index (κ3) is 4.90. The van der Waals surface area contributed by atoms with Gasteiger partial charge in [0.25, 0.3) is 0 Å². The van der Waals surface area contributed by atoms with E-state index in [1.807, 2.05) is 31.2 Å². The number of sulfonamides is 1. The van der Waals surface area contributed by atoms with Gasteiger partial charge in [0, 0.05) is 30.2 Å². The Bertz CT molecular complexity index is 1220. The summed E-state index contributed by atoms with van der Waals surface area (Å²) in [7, 11) is -3.75. The molecular weight excluding hydrogens is 452 g/mol. The van der Waals surface area contributed by atoms with E-state index in [2.05, 4.69) is 10.3 Å². The van der Waals surface area contributed by atoms with Gasteiger partial charge < -0.3 is 10.1 Å². The number of rotatable bonds is 8. The number of nitrogens with one attached hydrogen (secondary N) is 1. The molecule has 1 aliphatic heterocycles. The Labute approximate surface area is 189 Å². The molecule has 2 heterocycles. The summed E-state index contributed by atoms with van der Waals surface area (Å²) < 4.78 is 32.4. The minimum Gasteiger partial charge on any atom is -0.480 e. The van der Waals surface area contributed by atoms with Crippen LogP contribution in [0.3, 0.4) is 0 Å². The molecule has 3 aromatic rings. The maximum Gasteiger partial charge on any atom is 0.312 e. The third-order valence-corrected chi connectivity index (χ3v) is 7.76. The van der Waals surface area contributed by atoms with Gasteiger partial charge in [-0.2, -0.15) is 4.31 Å². The largest absolute Gasteiger partial charge is 0.480 e. The van der Waals surface area contributed by atoms with Gasteiger partial charge in [-0.25, -0.2) is 13.4 Å². The Morgan fingerprint density at radius 2 is 1.91 bits per heavy atom. The van der Waals surface area contributed by atoms with Gasteiger partial charge in [-0.15, -0.1) is 11.3 Å². The van der Waals surface area contributed by atoms with Crippen LogP contribution in [0.15, 0.2) is 52.7 Å². The normalized spacial score (nSPS) is 14.4. The van der Waals surface area contributed by atoms with Crippen LogP contribution in [0.4, 0.5) is 16.5 Å². The smallest absolute Gasteiger partial charge is 0.312 e. The van der Waals surface area contributed by atoms with Crippen LogP contribution in [0, 0.1) is 17.0 Å². The van der Waals surface area contributed by atoms with Crippen molar-refractivity contribution in [2.75, 3.05) is 18.4 Å². The SMILES string of the molecule is Cc1ccc(Nc2nc(COc3ccc(S(=O)(=O)N4CCCC4)cc3[N+](=O)[O-])cs2)cc1. The maximum absolute atomic E-state index is 12.7. The summed E-state index contributed by atoms with van der Waals surface area (Å²) in [5.74, 6) is -0.00332. The highest BCUT2D eigenvalue weighted by Gasteiger charge is 2.29. The average Bonchev–Trinajstić information content (AvgIpc) is 3.46. The predicted octanol–water partition coefficient (Wildman–Crippen LogP) is 4.47. The highest BCUT2D eigenvalue weighted by Crippen LogP contribution is 2.32. The van der Waals surface area contributed by atoms with E-state index in [1.165, 1.54) is 27.8 Å². The molecule has 0 aliphatic carbocycles. The van der Waals surface area contributed by atoms with Crippen LogP contribution in [0.25, 0.3) is 0 Å². The number of nitro groups is 1. The summed E-state index contributed by atoms with van der Waals surface area (Å²) in [6.07, 6.45) is 1.58. The Morgan fingerprint density at radius 1 is 1.19 bits per heavy atom. The molecule has 11 heteroatoms. The second kappa shape index (κ2) is 9.23. The highest BCUT2D eigenvalue weighted by atomic mass is 32.2. The molecule has 0 bridgehead atoms. The number of nitrogens with zero attached hydrogens (tertiary/aromatic N) is 3. The molecule has 0 saturated carbocycles. The van der Waals surface area contributed by atoms with Gasteiger partial charge in [0.05, 0.1) is 15.5 Å². The first-order chi connectivity index (χ1) is 15.3. The number of ether oxygens (including phenoxy) is 1. The number of hydrogen-bond donors (Lipinski definition) is 1. The molecule has 168 valence electrons. The van der Waals surface area contributed by atoms with Gasteiger partial charge in [-0.05, 0) is 44.0 Å². The summed E-state index contributed by atoms with van der Waals surface area (Å²) >= 11 is 1.39. The molecule has 1 fully saturated rings. The first kappa shape index (κ1) is 22.2. The number of thiazole rings is 1. The summed E-state index contributed by atoms with van der Waals surface area (Å²) in [5, 5.41) is 17.2. The van der Waals surface area contributed by atoms with Gasteiger partial charge >= 0.3 is 5.69 Å². The first-order valence-electron chi connectivity index (χ1n) is 10.0. The van der Waals surface area contributed by atoms with Gasteiger partial charge in [-0.1, -0.05) is 17.7 Å². The topological polar surface area (TPSA) is 115 Å². The molecule has 32 heavy (non-hydrogen) atoms. The van der Waals surface area contributed by atoms with Crippen LogP contribution in [0.2, 0.25) is 0 Å². The zero-order valence-electron chi connectivity index (χ0n) is 17.4. The molecule has 1 N–H and O–H groups in total. The molecule has 1 aromatic heterocycles. The monoisotopic (exact) mass is 474 g/mol. The van der Waals surface area contributed by atoms with E-state index in [9.17, 15) is 18.5 Å². The lowest BCUT2D eigenvalue weighted by Crippen LogP contribution is -2.27. The van der Waals surface area contributed by atoms with E-state index < -0.39 is 20.6 Å². The van der Waals surface area contributed by atoms with Gasteiger partial charge in [0.1, 0.15) is 6.61 Å². The minimum atomic E-state index is -3.75. The molecule has 4 rings (SSSR count). The average molecular weight is 475 g/mol. The minimum absolute atomic E-state index is 0.00332. The second-order valence-electron chi connectivity index (χ2n) is 7.42. The van der Waals surface area contributed by atoms with E-state index in [0.29, 0.717) is 23.9 Å². The standard InChI is InChI=1S/C21H22N4O5S2/c1-15-4-6-16(7-5-15)22-21-23-17(14-31-21)13-30-20-9-8-18(12-19(20)25(26)27)32(28,29)24-10-2-3-11-24/h4-9,12,14H,2-3,10-11,13H2,1H3,(H,22,23). The van der Waals surface area contributed by atoms with Crippen molar-refractivity contribution < 1.29 is 18.1 Å². The quantitative estimate of drug-likeness (QED) is 0.378. The van der Waals surface area contributed by atoms with E-state index in [1.54, 1.807) is 5.38 Å². The molecule has 1 saturated heterocycles. The summed E-state index contributed by atoms with van der Waals surface area (Å²) in [5.41, 5.74) is 2.28. The fourth-order valence-corrected chi connectivity index (χ4v) is 5.60. The van der Waals surface area contributed by atoms with Crippen molar-refractivity contribution in [1.82, 2.24) is 9.29 Å². The number of benzene rings is 2. The second-order valence-corrected chi connectivity index (χ2v) is 10.2. The molecule has 0 radical (unpaired) electrons. The van der Waals surface area contributed by atoms with Crippen molar-refractivity contribution in [2.24, 2.45) is 0 Å². The number of hydrogen-bond acceptors (Lipinski definition) is 8. The number of anilines is 2.